The van der Waals surface area contributed by atoms with Crippen LogP contribution in [0.1, 0.15) is 42.9 Å². The molecule has 1 N–H and O–H groups in total. The number of thioether (sulfide) groups is 1. The Kier molecular flexibility index (Phi) is 8.11. The molecule has 0 saturated heterocycles. The minimum Gasteiger partial charge on any atom is -0.481 e. The zero-order valence-electron chi connectivity index (χ0n) is 16.4. The van der Waals surface area contributed by atoms with E-state index in [0.29, 0.717) is 13.0 Å². The lowest BCUT2D eigenvalue weighted by atomic mass is 9.92. The second-order valence-electron chi connectivity index (χ2n) is 7.13. The van der Waals surface area contributed by atoms with Gasteiger partial charge in [0.05, 0.1) is 0 Å². The second-order valence-corrected chi connectivity index (χ2v) is 8.67. The largest absolute Gasteiger partial charge is 0.481 e. The first-order chi connectivity index (χ1) is 13.7. The number of benzene rings is 2. The summed E-state index contributed by atoms with van der Waals surface area (Å²) in [5, 5.41) is 3.76. The molecule has 1 unspecified atom stereocenters. The highest BCUT2D eigenvalue weighted by atomic mass is 35.5. The van der Waals surface area contributed by atoms with Crippen LogP contribution in [0.25, 0.3) is 0 Å². The molecule has 0 heterocycles. The average molecular weight is 418 g/mol. The SMILES string of the molecule is CCC(Oc1ccc2c(c1)CCCC2)C(=O)NCCSCc1cccc(Cl)c1. The summed E-state index contributed by atoms with van der Waals surface area (Å²) in [6.07, 6.45) is 4.97. The molecule has 1 aliphatic carbocycles. The molecule has 5 heteroatoms. The zero-order valence-corrected chi connectivity index (χ0v) is 18.0. The Balaban J connectivity index is 1.42. The average Bonchev–Trinajstić information content (AvgIpc) is 2.71. The number of nitrogens with one attached hydrogen (secondary N) is 1. The van der Waals surface area contributed by atoms with Crippen molar-refractivity contribution < 1.29 is 9.53 Å². The Hall–Kier alpha value is -1.65. The topological polar surface area (TPSA) is 38.3 Å². The monoisotopic (exact) mass is 417 g/mol. The highest BCUT2D eigenvalue weighted by molar-refractivity contribution is 7.98. The maximum absolute atomic E-state index is 12.5. The smallest absolute Gasteiger partial charge is 0.261 e. The van der Waals surface area contributed by atoms with Gasteiger partial charge >= 0.3 is 0 Å². The number of carbonyl (C=O) groups is 1. The van der Waals surface area contributed by atoms with Gasteiger partial charge in [-0.2, -0.15) is 11.8 Å². The normalized spacial score (nSPS) is 14.2. The van der Waals surface area contributed by atoms with E-state index >= 15 is 0 Å². The van der Waals surface area contributed by atoms with Crippen molar-refractivity contribution >= 4 is 29.3 Å². The molecule has 3 nitrogen and oxygen atoms in total. The minimum absolute atomic E-state index is 0.0384. The fraction of sp³-hybridized carbons (Fsp3) is 0.435. The van der Waals surface area contributed by atoms with Gasteiger partial charge in [-0.3, -0.25) is 4.79 Å². The first-order valence-corrected chi connectivity index (χ1v) is 11.6. The van der Waals surface area contributed by atoms with Crippen LogP contribution in [-0.2, 0) is 23.4 Å². The van der Waals surface area contributed by atoms with E-state index in [0.717, 1.165) is 35.1 Å². The summed E-state index contributed by atoms with van der Waals surface area (Å²) in [5.74, 6) is 2.51. The number of amides is 1. The molecule has 0 aromatic heterocycles. The fourth-order valence-corrected chi connectivity index (χ4v) is 4.47. The van der Waals surface area contributed by atoms with Gasteiger partial charge in [-0.25, -0.2) is 0 Å². The van der Waals surface area contributed by atoms with Crippen LogP contribution in [-0.4, -0.2) is 24.3 Å². The lowest BCUT2D eigenvalue weighted by molar-refractivity contribution is -0.127. The van der Waals surface area contributed by atoms with Crippen molar-refractivity contribution in [3.63, 3.8) is 0 Å². The summed E-state index contributed by atoms with van der Waals surface area (Å²) in [6.45, 7) is 2.62. The number of hydrogen-bond acceptors (Lipinski definition) is 3. The maximum Gasteiger partial charge on any atom is 0.261 e. The molecule has 0 radical (unpaired) electrons. The number of fused-ring (bicyclic) bond motifs is 1. The number of rotatable bonds is 9. The Bertz CT molecular complexity index is 796. The highest BCUT2D eigenvalue weighted by Gasteiger charge is 2.19. The van der Waals surface area contributed by atoms with Crippen molar-refractivity contribution in [2.75, 3.05) is 12.3 Å². The standard InChI is InChI=1S/C23H28ClNO2S/c1-2-22(27-21-11-10-18-7-3-4-8-19(18)15-21)23(26)25-12-13-28-16-17-6-5-9-20(24)14-17/h5-6,9-11,14-15,22H,2-4,7-8,12-13,16H2,1H3,(H,25,26). The molecule has 0 bridgehead atoms. The molecule has 2 aromatic rings. The van der Waals surface area contributed by atoms with Gasteiger partial charge in [0.2, 0.25) is 0 Å². The number of carbonyl (C=O) groups excluding carboxylic acids is 1. The number of aryl methyl sites for hydroxylation is 2. The van der Waals surface area contributed by atoms with E-state index < -0.39 is 6.10 Å². The molecule has 0 saturated carbocycles. The van der Waals surface area contributed by atoms with Crippen molar-refractivity contribution in [1.29, 1.82) is 0 Å². The van der Waals surface area contributed by atoms with Crippen LogP contribution < -0.4 is 10.1 Å². The van der Waals surface area contributed by atoms with Crippen LogP contribution in [0.4, 0.5) is 0 Å². The summed E-state index contributed by atoms with van der Waals surface area (Å²) in [6, 6.07) is 14.2. The third kappa shape index (κ3) is 6.18. The summed E-state index contributed by atoms with van der Waals surface area (Å²) in [7, 11) is 0. The molecule has 3 rings (SSSR count). The Labute approximate surface area is 177 Å². The zero-order chi connectivity index (χ0) is 19.8. The van der Waals surface area contributed by atoms with Gasteiger partial charge in [-0.05, 0) is 73.1 Å². The molecule has 1 atom stereocenters. The highest BCUT2D eigenvalue weighted by Crippen LogP contribution is 2.26. The molecule has 2 aromatic carbocycles. The van der Waals surface area contributed by atoms with E-state index in [1.165, 1.54) is 29.5 Å². The molecule has 0 spiro atoms. The van der Waals surface area contributed by atoms with Gasteiger partial charge in [-0.1, -0.05) is 36.7 Å². The Morgan fingerprint density at radius 3 is 2.79 bits per heavy atom. The van der Waals surface area contributed by atoms with Gasteiger partial charge in [0.25, 0.3) is 5.91 Å². The van der Waals surface area contributed by atoms with Crippen molar-refractivity contribution in [3.05, 3.63) is 64.2 Å². The number of hydrogen-bond donors (Lipinski definition) is 1. The summed E-state index contributed by atoms with van der Waals surface area (Å²) >= 11 is 7.78. The molecule has 28 heavy (non-hydrogen) atoms. The first kappa shape index (κ1) is 21.1. The Morgan fingerprint density at radius 2 is 2.00 bits per heavy atom. The van der Waals surface area contributed by atoms with E-state index in [9.17, 15) is 4.79 Å². The molecular formula is C23H28ClNO2S. The predicted molar refractivity (Wildman–Crippen MR) is 118 cm³/mol. The van der Waals surface area contributed by atoms with E-state index in [-0.39, 0.29) is 5.91 Å². The molecule has 0 aliphatic heterocycles. The summed E-state index contributed by atoms with van der Waals surface area (Å²) in [4.78, 5) is 12.5. The van der Waals surface area contributed by atoms with Crippen molar-refractivity contribution in [3.8, 4) is 5.75 Å². The second kappa shape index (κ2) is 10.8. The van der Waals surface area contributed by atoms with E-state index in [4.69, 9.17) is 16.3 Å². The lowest BCUT2D eigenvalue weighted by Gasteiger charge is -2.20. The van der Waals surface area contributed by atoms with E-state index in [1.54, 1.807) is 11.8 Å². The third-order valence-corrected chi connectivity index (χ3v) is 6.23. The number of ether oxygens (including phenoxy) is 1. The maximum atomic E-state index is 12.5. The summed E-state index contributed by atoms with van der Waals surface area (Å²) in [5.41, 5.74) is 4.00. The third-order valence-electron chi connectivity index (χ3n) is 4.96. The molecular weight excluding hydrogens is 390 g/mol. The van der Waals surface area contributed by atoms with Gasteiger partial charge in [0.1, 0.15) is 5.75 Å². The van der Waals surface area contributed by atoms with Crippen LogP contribution in [0.15, 0.2) is 42.5 Å². The molecule has 1 amide bonds. The summed E-state index contributed by atoms with van der Waals surface area (Å²) < 4.78 is 6.00. The van der Waals surface area contributed by atoms with Crippen LogP contribution in [0.2, 0.25) is 5.02 Å². The van der Waals surface area contributed by atoms with Crippen molar-refractivity contribution in [1.82, 2.24) is 5.32 Å². The molecule has 150 valence electrons. The quantitative estimate of drug-likeness (QED) is 0.553. The van der Waals surface area contributed by atoms with Gasteiger partial charge in [0, 0.05) is 23.1 Å². The number of halogens is 1. The minimum atomic E-state index is -0.445. The first-order valence-electron chi connectivity index (χ1n) is 10.0. The molecule has 0 fully saturated rings. The van der Waals surface area contributed by atoms with Crippen LogP contribution in [0.3, 0.4) is 0 Å². The lowest BCUT2D eigenvalue weighted by Crippen LogP contribution is -2.39. The van der Waals surface area contributed by atoms with Crippen molar-refractivity contribution in [2.24, 2.45) is 0 Å². The molecule has 1 aliphatic rings. The van der Waals surface area contributed by atoms with Gasteiger partial charge in [-0.15, -0.1) is 0 Å². The predicted octanol–water partition coefficient (Wildman–Crippen LogP) is 5.43. The Morgan fingerprint density at radius 1 is 1.18 bits per heavy atom. The van der Waals surface area contributed by atoms with Gasteiger partial charge in [0.15, 0.2) is 6.10 Å². The van der Waals surface area contributed by atoms with E-state index in [2.05, 4.69) is 23.5 Å². The fourth-order valence-electron chi connectivity index (χ4n) is 3.45. The van der Waals surface area contributed by atoms with Crippen LogP contribution in [0.5, 0.6) is 5.75 Å². The van der Waals surface area contributed by atoms with Crippen molar-refractivity contribution in [2.45, 2.75) is 50.9 Å². The van der Waals surface area contributed by atoms with Crippen LogP contribution >= 0.6 is 23.4 Å². The van der Waals surface area contributed by atoms with Crippen LogP contribution in [0, 0.1) is 0 Å². The van der Waals surface area contributed by atoms with Gasteiger partial charge < -0.3 is 10.1 Å². The van der Waals surface area contributed by atoms with E-state index in [1.807, 2.05) is 31.2 Å².